The number of rotatable bonds is 4. The zero-order chi connectivity index (χ0) is 13.1. The van der Waals surface area contributed by atoms with E-state index >= 15 is 0 Å². The van der Waals surface area contributed by atoms with Crippen LogP contribution in [-0.2, 0) is 4.74 Å². The van der Waals surface area contributed by atoms with Crippen molar-refractivity contribution in [1.29, 1.82) is 0 Å². The average molecular weight is 266 g/mol. The van der Waals surface area contributed by atoms with Crippen molar-refractivity contribution < 1.29 is 4.74 Å². The predicted molar refractivity (Wildman–Crippen MR) is 78.4 cm³/mol. The molecule has 2 saturated heterocycles. The molecule has 3 aliphatic rings. The number of nitrogens with zero attached hydrogens (tertiary/aromatic N) is 1. The normalized spacial score (nSPS) is 35.2. The van der Waals surface area contributed by atoms with E-state index in [0.29, 0.717) is 17.6 Å². The van der Waals surface area contributed by atoms with Gasteiger partial charge in [0.15, 0.2) is 0 Å². The Balaban J connectivity index is 1.63. The van der Waals surface area contributed by atoms with Gasteiger partial charge < -0.3 is 10.1 Å². The minimum atomic E-state index is 0.530. The fraction of sp³-hybridized carbons (Fsp3) is 1.00. The highest BCUT2D eigenvalue weighted by atomic mass is 16.5. The van der Waals surface area contributed by atoms with Crippen LogP contribution in [0.3, 0.4) is 0 Å². The summed E-state index contributed by atoms with van der Waals surface area (Å²) in [4.78, 5) is 2.72. The lowest BCUT2D eigenvalue weighted by molar-refractivity contribution is -0.0519. The minimum Gasteiger partial charge on any atom is -0.372 e. The van der Waals surface area contributed by atoms with E-state index in [0.717, 1.165) is 0 Å². The topological polar surface area (TPSA) is 24.5 Å². The van der Waals surface area contributed by atoms with Gasteiger partial charge in [-0.3, -0.25) is 4.90 Å². The molecular weight excluding hydrogens is 236 g/mol. The smallest absolute Gasteiger partial charge is 0.0707 e. The van der Waals surface area contributed by atoms with Gasteiger partial charge in [0.05, 0.1) is 12.2 Å². The number of morpholine rings is 1. The van der Waals surface area contributed by atoms with Crippen molar-refractivity contribution in [1.82, 2.24) is 10.2 Å². The monoisotopic (exact) mass is 266 g/mol. The van der Waals surface area contributed by atoms with Crippen molar-refractivity contribution in [3.05, 3.63) is 0 Å². The molecule has 0 radical (unpaired) electrons. The first kappa shape index (κ1) is 13.8. The van der Waals surface area contributed by atoms with E-state index < -0.39 is 0 Å². The molecule has 2 bridgehead atoms. The molecule has 110 valence electrons. The highest BCUT2D eigenvalue weighted by Crippen LogP contribution is 2.37. The first-order chi connectivity index (χ1) is 9.30. The number of nitrogens with one attached hydrogen (secondary N) is 1. The molecule has 0 aromatic heterocycles. The second-order valence-electron chi connectivity index (χ2n) is 7.10. The first-order valence-corrected chi connectivity index (χ1v) is 8.32. The van der Waals surface area contributed by atoms with Crippen LogP contribution in [0.2, 0.25) is 0 Å². The number of hydrogen-bond acceptors (Lipinski definition) is 3. The Morgan fingerprint density at radius 3 is 2.26 bits per heavy atom. The third kappa shape index (κ3) is 3.32. The Bertz CT molecular complexity index is 274. The van der Waals surface area contributed by atoms with Crippen LogP contribution in [0.25, 0.3) is 0 Å². The zero-order valence-electron chi connectivity index (χ0n) is 12.5. The molecule has 2 aliphatic heterocycles. The van der Waals surface area contributed by atoms with Gasteiger partial charge in [0.1, 0.15) is 0 Å². The van der Waals surface area contributed by atoms with Crippen molar-refractivity contribution in [2.24, 2.45) is 5.41 Å². The third-order valence-electron chi connectivity index (χ3n) is 5.39. The molecule has 3 heteroatoms. The van der Waals surface area contributed by atoms with Crippen LogP contribution in [0, 0.1) is 5.41 Å². The average Bonchev–Trinajstić information content (AvgIpc) is 2.61. The van der Waals surface area contributed by atoms with Crippen LogP contribution in [0.1, 0.15) is 51.4 Å². The largest absolute Gasteiger partial charge is 0.372 e. The summed E-state index contributed by atoms with van der Waals surface area (Å²) in [5, 5.41) is 3.48. The summed E-state index contributed by atoms with van der Waals surface area (Å²) in [6.45, 7) is 4.85. The number of ether oxygens (including phenoxy) is 1. The number of fused-ring (bicyclic) bond motifs is 2. The molecule has 3 nitrogen and oxygen atoms in total. The Labute approximate surface area is 118 Å². The molecule has 2 unspecified atom stereocenters. The number of hydrogen-bond donors (Lipinski definition) is 1. The SMILES string of the molecule is CNCC1(CN2CC3CCC(C2)O3)CCCCCC1. The first-order valence-electron chi connectivity index (χ1n) is 8.32. The van der Waals surface area contributed by atoms with E-state index in [4.69, 9.17) is 4.74 Å². The fourth-order valence-corrected chi connectivity index (χ4v) is 4.55. The van der Waals surface area contributed by atoms with E-state index in [1.54, 1.807) is 0 Å². The van der Waals surface area contributed by atoms with Gasteiger partial charge in [-0.15, -0.1) is 0 Å². The molecular formula is C16H30N2O. The molecule has 2 heterocycles. The van der Waals surface area contributed by atoms with Gasteiger partial charge in [-0.1, -0.05) is 25.7 Å². The maximum Gasteiger partial charge on any atom is 0.0707 e. The summed E-state index contributed by atoms with van der Waals surface area (Å²) in [6, 6.07) is 0. The summed E-state index contributed by atoms with van der Waals surface area (Å²) in [5.41, 5.74) is 0.530. The highest BCUT2D eigenvalue weighted by molar-refractivity contribution is 4.91. The molecule has 1 aliphatic carbocycles. The van der Waals surface area contributed by atoms with Gasteiger partial charge in [-0.25, -0.2) is 0 Å². The summed E-state index contributed by atoms with van der Waals surface area (Å²) in [5.74, 6) is 0. The Hall–Kier alpha value is -0.120. The van der Waals surface area contributed by atoms with Crippen LogP contribution in [0.5, 0.6) is 0 Å². The molecule has 1 N–H and O–H groups in total. The second-order valence-corrected chi connectivity index (χ2v) is 7.10. The van der Waals surface area contributed by atoms with E-state index in [2.05, 4.69) is 17.3 Å². The van der Waals surface area contributed by atoms with Crippen molar-refractivity contribution in [2.45, 2.75) is 63.6 Å². The van der Waals surface area contributed by atoms with Crippen molar-refractivity contribution in [2.75, 3.05) is 33.2 Å². The van der Waals surface area contributed by atoms with Crippen LogP contribution < -0.4 is 5.32 Å². The minimum absolute atomic E-state index is 0.530. The predicted octanol–water partition coefficient (Wildman–Crippen LogP) is 2.41. The van der Waals surface area contributed by atoms with Crippen LogP contribution in [0.15, 0.2) is 0 Å². The summed E-state index contributed by atoms with van der Waals surface area (Å²) in [7, 11) is 2.12. The highest BCUT2D eigenvalue weighted by Gasteiger charge is 2.38. The van der Waals surface area contributed by atoms with E-state index in [1.807, 2.05) is 0 Å². The van der Waals surface area contributed by atoms with Gasteiger partial charge in [0.2, 0.25) is 0 Å². The molecule has 0 amide bonds. The molecule has 1 saturated carbocycles. The molecule has 0 aromatic rings. The molecule has 0 aromatic carbocycles. The maximum absolute atomic E-state index is 5.98. The van der Waals surface area contributed by atoms with Gasteiger partial charge in [0, 0.05) is 26.2 Å². The second kappa shape index (κ2) is 6.11. The molecule has 2 atom stereocenters. The van der Waals surface area contributed by atoms with Gasteiger partial charge in [-0.2, -0.15) is 0 Å². The Morgan fingerprint density at radius 1 is 1.05 bits per heavy atom. The van der Waals surface area contributed by atoms with E-state index in [-0.39, 0.29) is 0 Å². The van der Waals surface area contributed by atoms with Crippen molar-refractivity contribution in [3.63, 3.8) is 0 Å². The van der Waals surface area contributed by atoms with E-state index in [1.165, 1.54) is 77.5 Å². The molecule has 19 heavy (non-hydrogen) atoms. The summed E-state index contributed by atoms with van der Waals surface area (Å²) < 4.78 is 5.98. The van der Waals surface area contributed by atoms with Gasteiger partial charge >= 0.3 is 0 Å². The molecule has 3 rings (SSSR count). The van der Waals surface area contributed by atoms with Crippen molar-refractivity contribution in [3.8, 4) is 0 Å². The Morgan fingerprint density at radius 2 is 1.68 bits per heavy atom. The lowest BCUT2D eigenvalue weighted by Gasteiger charge is -2.41. The maximum atomic E-state index is 5.98. The van der Waals surface area contributed by atoms with Crippen LogP contribution >= 0.6 is 0 Å². The van der Waals surface area contributed by atoms with Gasteiger partial charge in [0.25, 0.3) is 0 Å². The van der Waals surface area contributed by atoms with E-state index in [9.17, 15) is 0 Å². The Kier molecular flexibility index (Phi) is 4.45. The summed E-state index contributed by atoms with van der Waals surface area (Å²) >= 11 is 0. The fourth-order valence-electron chi connectivity index (χ4n) is 4.55. The lowest BCUT2D eigenvalue weighted by Crippen LogP contribution is -2.50. The lowest BCUT2D eigenvalue weighted by atomic mass is 9.79. The summed E-state index contributed by atoms with van der Waals surface area (Å²) in [6.07, 6.45) is 12.2. The van der Waals surface area contributed by atoms with Crippen molar-refractivity contribution >= 4 is 0 Å². The van der Waals surface area contributed by atoms with Gasteiger partial charge in [-0.05, 0) is 38.1 Å². The quantitative estimate of drug-likeness (QED) is 0.791. The number of likely N-dealkylation sites (tertiary alicyclic amines) is 1. The molecule has 3 fully saturated rings. The zero-order valence-corrected chi connectivity index (χ0v) is 12.5. The van der Waals surface area contributed by atoms with Crippen LogP contribution in [0.4, 0.5) is 0 Å². The standard InChI is InChI=1S/C16H30N2O/c1-17-12-16(8-4-2-3-5-9-16)13-18-10-14-6-7-15(11-18)19-14/h14-15,17H,2-13H2,1H3. The third-order valence-corrected chi connectivity index (χ3v) is 5.39. The van der Waals surface area contributed by atoms with Crippen LogP contribution in [-0.4, -0.2) is 50.3 Å². The molecule has 0 spiro atoms.